The molecule has 0 aliphatic heterocycles. The first-order chi connectivity index (χ1) is 13.2. The molecule has 0 aliphatic rings. The largest absolute Gasteiger partial charge is 0.388 e. The number of unbranched alkanes of at least 4 members (excludes halogenated alkanes) is 1. The molecule has 0 aromatic rings. The maximum Gasteiger partial charge on any atom is 0.202 e. The van der Waals surface area contributed by atoms with Crippen LogP contribution in [0.4, 0.5) is 0 Å². The number of ether oxygens (including phenoxy) is 2. The Morgan fingerprint density at radius 1 is 0.643 bits per heavy atom. The van der Waals surface area contributed by atoms with Gasteiger partial charge < -0.3 is 28.7 Å². The van der Waals surface area contributed by atoms with E-state index in [0.717, 1.165) is 12.8 Å². The van der Waals surface area contributed by atoms with Crippen LogP contribution in [0.5, 0.6) is 0 Å². The summed E-state index contributed by atoms with van der Waals surface area (Å²) in [6.07, 6.45) is 1.79. The third kappa shape index (κ3) is 13.4. The molecular weight excluding hydrogens is 406 g/mol. The molecule has 2 unspecified atom stereocenters. The first-order valence-electron chi connectivity index (χ1n) is 10.2. The summed E-state index contributed by atoms with van der Waals surface area (Å²) >= 11 is 0. The minimum Gasteiger partial charge on any atom is -0.388 e. The SMILES string of the molecule is CCP(=O)(CC)OCC(O)COCCCCOCC(O)COP(=O)(CC)CC. The number of hydrogen-bond acceptors (Lipinski definition) is 8. The average Bonchev–Trinajstić information content (AvgIpc) is 2.72. The van der Waals surface area contributed by atoms with Gasteiger partial charge in [-0.25, -0.2) is 0 Å². The molecule has 8 nitrogen and oxygen atoms in total. The lowest BCUT2D eigenvalue weighted by Crippen LogP contribution is -2.22. The van der Waals surface area contributed by atoms with Crippen molar-refractivity contribution in [2.24, 2.45) is 0 Å². The second kappa shape index (κ2) is 16.0. The highest BCUT2D eigenvalue weighted by atomic mass is 31.2. The van der Waals surface area contributed by atoms with Gasteiger partial charge in [-0.3, -0.25) is 9.13 Å². The number of rotatable bonds is 19. The molecule has 0 aliphatic carbocycles. The third-order valence-electron chi connectivity index (χ3n) is 4.38. The lowest BCUT2D eigenvalue weighted by Gasteiger charge is -2.18. The molecule has 0 radical (unpaired) electrons. The van der Waals surface area contributed by atoms with Crippen molar-refractivity contribution in [2.45, 2.75) is 52.7 Å². The van der Waals surface area contributed by atoms with Gasteiger partial charge in [-0.05, 0) is 12.8 Å². The van der Waals surface area contributed by atoms with Crippen LogP contribution < -0.4 is 0 Å². The van der Waals surface area contributed by atoms with Crippen LogP contribution in [0.1, 0.15) is 40.5 Å². The van der Waals surface area contributed by atoms with Crippen LogP contribution in [-0.2, 0) is 27.7 Å². The first-order valence-corrected chi connectivity index (χ1v) is 14.2. The fraction of sp³-hybridized carbons (Fsp3) is 1.00. The Hall–Kier alpha value is 0.220. The molecule has 0 amide bonds. The minimum absolute atomic E-state index is 0.0189. The van der Waals surface area contributed by atoms with Crippen LogP contribution in [-0.4, -0.2) is 86.7 Å². The molecule has 0 saturated carbocycles. The van der Waals surface area contributed by atoms with Gasteiger partial charge in [-0.2, -0.15) is 0 Å². The van der Waals surface area contributed by atoms with E-state index in [0.29, 0.717) is 37.9 Å². The highest BCUT2D eigenvalue weighted by Crippen LogP contribution is 2.46. The van der Waals surface area contributed by atoms with E-state index >= 15 is 0 Å². The predicted octanol–water partition coefficient (Wildman–Crippen LogP) is 3.19. The molecular formula is C18H40O8P2. The Balaban J connectivity index is 3.61. The van der Waals surface area contributed by atoms with Crippen molar-refractivity contribution in [3.05, 3.63) is 0 Å². The fourth-order valence-electron chi connectivity index (χ4n) is 2.20. The van der Waals surface area contributed by atoms with E-state index in [1.54, 1.807) is 0 Å². The van der Waals surface area contributed by atoms with E-state index in [2.05, 4.69) is 0 Å². The van der Waals surface area contributed by atoms with Gasteiger partial charge in [0, 0.05) is 37.9 Å². The highest BCUT2D eigenvalue weighted by molar-refractivity contribution is 7.59. The number of aliphatic hydroxyl groups excluding tert-OH is 2. The monoisotopic (exact) mass is 446 g/mol. The summed E-state index contributed by atoms with van der Waals surface area (Å²) in [5.41, 5.74) is 0. The van der Waals surface area contributed by atoms with E-state index < -0.39 is 26.9 Å². The molecule has 0 saturated heterocycles. The molecule has 0 heterocycles. The molecule has 170 valence electrons. The summed E-state index contributed by atoms with van der Waals surface area (Å²) in [4.78, 5) is 0. The quantitative estimate of drug-likeness (QED) is 0.230. The Kier molecular flexibility index (Phi) is 16.1. The van der Waals surface area contributed by atoms with Crippen LogP contribution in [0.15, 0.2) is 0 Å². The average molecular weight is 446 g/mol. The van der Waals surface area contributed by atoms with Gasteiger partial charge in [0.05, 0.1) is 26.4 Å². The summed E-state index contributed by atoms with van der Waals surface area (Å²) in [6.45, 7) is 8.52. The van der Waals surface area contributed by atoms with Gasteiger partial charge in [0.1, 0.15) is 12.2 Å². The van der Waals surface area contributed by atoms with Gasteiger partial charge >= 0.3 is 0 Å². The van der Waals surface area contributed by atoms with Crippen molar-refractivity contribution in [3.63, 3.8) is 0 Å². The van der Waals surface area contributed by atoms with Gasteiger partial charge in [0.15, 0.2) is 0 Å². The Bertz CT molecular complexity index is 417. The summed E-state index contributed by atoms with van der Waals surface area (Å²) in [5, 5.41) is 19.6. The van der Waals surface area contributed by atoms with Crippen LogP contribution in [0.3, 0.4) is 0 Å². The fourth-order valence-corrected chi connectivity index (χ4v) is 4.71. The third-order valence-corrected chi connectivity index (χ3v) is 9.47. The normalized spacial score (nSPS) is 14.9. The van der Waals surface area contributed by atoms with Gasteiger partial charge in [-0.15, -0.1) is 0 Å². The predicted molar refractivity (Wildman–Crippen MR) is 112 cm³/mol. The topological polar surface area (TPSA) is 112 Å². The van der Waals surface area contributed by atoms with E-state index in [4.69, 9.17) is 18.5 Å². The molecule has 0 aromatic carbocycles. The van der Waals surface area contributed by atoms with Gasteiger partial charge in [0.25, 0.3) is 0 Å². The maximum atomic E-state index is 12.1. The van der Waals surface area contributed by atoms with E-state index in [1.165, 1.54) is 0 Å². The van der Waals surface area contributed by atoms with E-state index in [-0.39, 0.29) is 26.4 Å². The van der Waals surface area contributed by atoms with Gasteiger partial charge in [-0.1, -0.05) is 27.7 Å². The number of aliphatic hydroxyl groups is 2. The summed E-state index contributed by atoms with van der Waals surface area (Å²) < 4.78 is 45.6. The molecule has 2 atom stereocenters. The Morgan fingerprint density at radius 3 is 1.25 bits per heavy atom. The Labute approximate surface area is 170 Å². The molecule has 0 bridgehead atoms. The van der Waals surface area contributed by atoms with Crippen LogP contribution in [0.25, 0.3) is 0 Å². The molecule has 0 aromatic heterocycles. The molecule has 0 rings (SSSR count). The molecule has 0 fully saturated rings. The summed E-state index contributed by atoms with van der Waals surface area (Å²) in [7, 11) is -5.19. The molecule has 28 heavy (non-hydrogen) atoms. The smallest absolute Gasteiger partial charge is 0.202 e. The molecule has 10 heteroatoms. The van der Waals surface area contributed by atoms with Crippen molar-refractivity contribution in [1.29, 1.82) is 0 Å². The zero-order chi connectivity index (χ0) is 21.5. The lowest BCUT2D eigenvalue weighted by molar-refractivity contribution is 0.000759. The van der Waals surface area contributed by atoms with E-state index in [9.17, 15) is 19.3 Å². The Morgan fingerprint density at radius 2 is 0.964 bits per heavy atom. The number of hydrogen-bond donors (Lipinski definition) is 2. The zero-order valence-corrected chi connectivity index (χ0v) is 19.7. The van der Waals surface area contributed by atoms with Crippen LogP contribution in [0.2, 0.25) is 0 Å². The minimum atomic E-state index is -2.60. The maximum absolute atomic E-state index is 12.1. The van der Waals surface area contributed by atoms with E-state index in [1.807, 2.05) is 27.7 Å². The summed E-state index contributed by atoms with van der Waals surface area (Å²) in [6, 6.07) is 0. The standard InChI is InChI=1S/C18H40O8P2/c1-5-27(21,6-2)25-15-17(19)13-23-11-9-10-12-24-14-18(20)16-26-28(22,7-3)8-4/h17-20H,5-16H2,1-4H3. The van der Waals surface area contributed by atoms with Crippen molar-refractivity contribution in [1.82, 2.24) is 0 Å². The molecule has 2 N–H and O–H groups in total. The lowest BCUT2D eigenvalue weighted by atomic mass is 10.3. The van der Waals surface area contributed by atoms with Crippen molar-refractivity contribution in [3.8, 4) is 0 Å². The zero-order valence-electron chi connectivity index (χ0n) is 17.9. The molecule has 0 spiro atoms. The second-order valence-corrected chi connectivity index (χ2v) is 13.0. The second-order valence-electron chi connectivity index (χ2n) is 6.65. The van der Waals surface area contributed by atoms with Crippen molar-refractivity contribution < 1.29 is 37.9 Å². The van der Waals surface area contributed by atoms with Crippen molar-refractivity contribution >= 4 is 14.7 Å². The van der Waals surface area contributed by atoms with Crippen molar-refractivity contribution in [2.75, 3.05) is 64.3 Å². The van der Waals surface area contributed by atoms with Crippen LogP contribution >= 0.6 is 14.7 Å². The first kappa shape index (κ1) is 28.2. The van der Waals surface area contributed by atoms with Gasteiger partial charge in [0.2, 0.25) is 14.7 Å². The van der Waals surface area contributed by atoms with Crippen LogP contribution in [0, 0.1) is 0 Å². The summed E-state index contributed by atoms with van der Waals surface area (Å²) in [5.74, 6) is 0. The highest BCUT2D eigenvalue weighted by Gasteiger charge is 2.20.